The van der Waals surface area contributed by atoms with Crippen LogP contribution in [0.15, 0.2) is 18.2 Å². The topological polar surface area (TPSA) is 157 Å². The second-order valence-electron chi connectivity index (χ2n) is 12.0. The summed E-state index contributed by atoms with van der Waals surface area (Å²) in [6, 6.07) is 1.71. The van der Waals surface area contributed by atoms with E-state index in [1.807, 2.05) is 13.8 Å². The molecule has 1 aliphatic heterocycles. The molecule has 0 aromatic heterocycles. The Morgan fingerprint density at radius 3 is 2.48 bits per heavy atom. The lowest BCUT2D eigenvalue weighted by Crippen LogP contribution is -2.62. The summed E-state index contributed by atoms with van der Waals surface area (Å²) in [6.07, 6.45) is 1.84. The second kappa shape index (κ2) is 16.6. The smallest absolute Gasteiger partial charge is 0.245 e. The third-order valence-electron chi connectivity index (χ3n) is 7.55. The molecular formula is C30H44Cl2N6O6. The first-order valence-electron chi connectivity index (χ1n) is 14.6. The van der Waals surface area contributed by atoms with Gasteiger partial charge in [-0.05, 0) is 69.2 Å². The van der Waals surface area contributed by atoms with Crippen molar-refractivity contribution in [2.24, 2.45) is 5.92 Å². The van der Waals surface area contributed by atoms with Gasteiger partial charge in [-0.25, -0.2) is 0 Å². The van der Waals surface area contributed by atoms with Crippen LogP contribution in [0.1, 0.15) is 58.9 Å². The Labute approximate surface area is 268 Å². The Morgan fingerprint density at radius 1 is 1.16 bits per heavy atom. The number of benzene rings is 1. The van der Waals surface area contributed by atoms with Gasteiger partial charge in [-0.3, -0.25) is 28.8 Å². The lowest BCUT2D eigenvalue weighted by molar-refractivity contribution is -0.145. The summed E-state index contributed by atoms with van der Waals surface area (Å²) in [5.74, 6) is -2.60. The molecule has 0 aliphatic carbocycles. The van der Waals surface area contributed by atoms with Gasteiger partial charge in [-0.15, -0.1) is 0 Å². The zero-order valence-corrected chi connectivity index (χ0v) is 27.7. The molecule has 6 amide bonds. The average molecular weight is 656 g/mol. The molecule has 1 saturated heterocycles. The van der Waals surface area contributed by atoms with E-state index in [1.165, 1.54) is 23.9 Å². The molecule has 1 aromatic carbocycles. The summed E-state index contributed by atoms with van der Waals surface area (Å²) >= 11 is 12.6. The molecule has 0 spiro atoms. The van der Waals surface area contributed by atoms with Gasteiger partial charge in [-0.1, -0.05) is 37.0 Å². The number of likely N-dealkylation sites (N-methyl/N-ethyl adjacent to an activating group) is 2. The highest BCUT2D eigenvalue weighted by Crippen LogP contribution is 2.24. The van der Waals surface area contributed by atoms with E-state index in [-0.39, 0.29) is 38.3 Å². The van der Waals surface area contributed by atoms with Crippen LogP contribution in [0.4, 0.5) is 0 Å². The lowest BCUT2D eigenvalue weighted by atomic mass is 9.97. The van der Waals surface area contributed by atoms with Crippen molar-refractivity contribution in [1.82, 2.24) is 31.1 Å². The number of halogens is 2. The maximum atomic E-state index is 14.1. The molecule has 44 heavy (non-hydrogen) atoms. The number of nitrogens with zero attached hydrogens (tertiary/aromatic N) is 2. The summed E-state index contributed by atoms with van der Waals surface area (Å²) in [4.78, 5) is 80.6. The minimum absolute atomic E-state index is 0.0168. The van der Waals surface area contributed by atoms with Crippen LogP contribution in [0.3, 0.4) is 0 Å². The van der Waals surface area contributed by atoms with Crippen LogP contribution in [0, 0.1) is 5.92 Å². The Bertz CT molecular complexity index is 1230. The van der Waals surface area contributed by atoms with Crippen LogP contribution in [-0.4, -0.2) is 96.6 Å². The molecular weight excluding hydrogens is 611 g/mol. The van der Waals surface area contributed by atoms with Crippen LogP contribution in [0.2, 0.25) is 10.0 Å². The van der Waals surface area contributed by atoms with Crippen molar-refractivity contribution in [3.8, 4) is 0 Å². The third kappa shape index (κ3) is 10.4. The molecule has 1 heterocycles. The molecule has 1 aromatic rings. The van der Waals surface area contributed by atoms with Crippen LogP contribution in [0.5, 0.6) is 0 Å². The molecule has 1 unspecified atom stereocenters. The molecule has 2 rings (SSSR count). The molecule has 14 heteroatoms. The summed E-state index contributed by atoms with van der Waals surface area (Å²) in [6.45, 7) is 6.91. The Kier molecular flexibility index (Phi) is 13.9. The Hall–Kier alpha value is -3.38. The first kappa shape index (κ1) is 36.8. The monoisotopic (exact) mass is 654 g/mol. The van der Waals surface area contributed by atoms with Gasteiger partial charge in [-0.2, -0.15) is 0 Å². The molecule has 0 saturated carbocycles. The first-order valence-corrected chi connectivity index (χ1v) is 15.4. The fourth-order valence-electron chi connectivity index (χ4n) is 4.94. The van der Waals surface area contributed by atoms with Gasteiger partial charge in [0.25, 0.3) is 0 Å². The van der Waals surface area contributed by atoms with Crippen molar-refractivity contribution in [3.05, 3.63) is 33.8 Å². The van der Waals surface area contributed by atoms with E-state index >= 15 is 0 Å². The van der Waals surface area contributed by atoms with E-state index < -0.39 is 53.2 Å². The van der Waals surface area contributed by atoms with E-state index in [9.17, 15) is 28.8 Å². The van der Waals surface area contributed by atoms with Crippen molar-refractivity contribution in [1.29, 1.82) is 0 Å². The third-order valence-corrected chi connectivity index (χ3v) is 8.16. The number of carbonyl (C=O) groups excluding carboxylic acids is 6. The first-order chi connectivity index (χ1) is 20.6. The van der Waals surface area contributed by atoms with Gasteiger partial charge in [0.2, 0.25) is 35.9 Å². The number of hydrogen-bond acceptors (Lipinski definition) is 6. The highest BCUT2D eigenvalue weighted by Gasteiger charge is 2.38. The van der Waals surface area contributed by atoms with Crippen molar-refractivity contribution < 1.29 is 28.8 Å². The minimum atomic E-state index is -1.32. The molecule has 12 nitrogen and oxygen atoms in total. The van der Waals surface area contributed by atoms with Crippen LogP contribution in [-0.2, 0) is 35.2 Å². The molecule has 4 N–H and O–H groups in total. The fraction of sp³-hybridized carbons (Fsp3) is 0.600. The van der Waals surface area contributed by atoms with Crippen LogP contribution in [0.25, 0.3) is 0 Å². The fourth-order valence-corrected chi connectivity index (χ4v) is 5.32. The summed E-state index contributed by atoms with van der Waals surface area (Å²) in [5, 5.41) is 11.5. The number of hydrogen-bond donors (Lipinski definition) is 4. The lowest BCUT2D eigenvalue weighted by Gasteiger charge is -2.35. The molecule has 244 valence electrons. The average Bonchev–Trinajstić information content (AvgIpc) is 2.95. The SMILES string of the molecule is CC(C)C[C@@H]1NC(=O)C(N(C)C(=O)CNC=O)CCCCNC(=O)C(C)(C)NC(=O)[C@H](Cc2cc(Cl)ccc2Cl)N(C)C1=O. The minimum Gasteiger partial charge on any atom is -0.354 e. The van der Waals surface area contributed by atoms with Crippen molar-refractivity contribution in [2.45, 2.75) is 83.5 Å². The van der Waals surface area contributed by atoms with Gasteiger partial charge >= 0.3 is 0 Å². The van der Waals surface area contributed by atoms with Gasteiger partial charge in [0, 0.05) is 37.1 Å². The summed E-state index contributed by atoms with van der Waals surface area (Å²) in [5.41, 5.74) is -0.801. The van der Waals surface area contributed by atoms with Crippen LogP contribution >= 0.6 is 23.2 Å². The predicted molar refractivity (Wildman–Crippen MR) is 168 cm³/mol. The molecule has 1 aliphatic rings. The highest BCUT2D eigenvalue weighted by atomic mass is 35.5. The normalized spacial score (nSPS) is 22.1. The molecule has 3 atom stereocenters. The standard InChI is InChI=1S/C30H44Cl2N6O6/c1-18(2)13-22-28(43)38(6)24(15-19-14-20(31)10-11-21(19)32)27(42)36-30(3,4)29(44)34-12-8-7-9-23(26(41)35-22)37(5)25(40)16-33-17-39/h10-11,14,17-18,22-24H,7-9,12-13,15-16H2,1-6H3,(H,33,39)(H,34,44)(H,35,41)(H,36,42)/t22-,23?,24-/m0/s1. The number of nitrogens with one attached hydrogen (secondary N) is 4. The van der Waals surface area contributed by atoms with Crippen molar-refractivity contribution in [3.63, 3.8) is 0 Å². The van der Waals surface area contributed by atoms with Gasteiger partial charge < -0.3 is 31.1 Å². The van der Waals surface area contributed by atoms with E-state index in [0.29, 0.717) is 34.9 Å². The highest BCUT2D eigenvalue weighted by molar-refractivity contribution is 6.33. The van der Waals surface area contributed by atoms with E-state index in [0.717, 1.165) is 0 Å². The zero-order chi connectivity index (χ0) is 33.2. The maximum absolute atomic E-state index is 14.1. The van der Waals surface area contributed by atoms with E-state index in [1.54, 1.807) is 32.0 Å². The molecule has 0 bridgehead atoms. The van der Waals surface area contributed by atoms with Gasteiger partial charge in [0.15, 0.2) is 0 Å². The quantitative estimate of drug-likeness (QED) is 0.312. The predicted octanol–water partition coefficient (Wildman–Crippen LogP) is 1.66. The van der Waals surface area contributed by atoms with Crippen molar-refractivity contribution >= 4 is 59.1 Å². The summed E-state index contributed by atoms with van der Waals surface area (Å²) in [7, 11) is 2.92. The van der Waals surface area contributed by atoms with E-state index in [4.69, 9.17) is 23.2 Å². The number of amides is 6. The molecule has 1 fully saturated rings. The van der Waals surface area contributed by atoms with E-state index in [2.05, 4.69) is 21.3 Å². The Balaban J connectivity index is 2.56. The van der Waals surface area contributed by atoms with Crippen LogP contribution < -0.4 is 21.3 Å². The molecule has 0 radical (unpaired) electrons. The zero-order valence-electron chi connectivity index (χ0n) is 26.2. The Morgan fingerprint density at radius 2 is 1.84 bits per heavy atom. The largest absolute Gasteiger partial charge is 0.354 e. The maximum Gasteiger partial charge on any atom is 0.245 e. The number of carbonyl (C=O) groups is 6. The van der Waals surface area contributed by atoms with Gasteiger partial charge in [0.1, 0.15) is 23.7 Å². The van der Waals surface area contributed by atoms with Gasteiger partial charge in [0.05, 0.1) is 6.54 Å². The second-order valence-corrected chi connectivity index (χ2v) is 12.8. The number of rotatable bonds is 8. The summed E-state index contributed by atoms with van der Waals surface area (Å²) < 4.78 is 0. The van der Waals surface area contributed by atoms with Crippen molar-refractivity contribution in [2.75, 3.05) is 27.2 Å².